The first-order valence-electron chi connectivity index (χ1n) is 4.47. The lowest BCUT2D eigenvalue weighted by Crippen LogP contribution is -1.97. The van der Waals surface area contributed by atoms with Crippen molar-refractivity contribution in [3.8, 4) is 22.9 Å². The lowest BCUT2D eigenvalue weighted by Gasteiger charge is -2.12. The zero-order valence-corrected chi connectivity index (χ0v) is 8.84. The molecule has 0 bridgehead atoms. The topological polar surface area (TPSA) is 97.3 Å². The van der Waals surface area contributed by atoms with Gasteiger partial charge in [0.1, 0.15) is 0 Å². The average Bonchev–Trinajstić information content (AvgIpc) is 2.82. The van der Waals surface area contributed by atoms with Gasteiger partial charge in [0.25, 0.3) is 0 Å². The first-order valence-corrected chi connectivity index (χ1v) is 4.47. The molecule has 0 fully saturated rings. The lowest BCUT2D eigenvalue weighted by molar-refractivity contribution is 0.355. The highest BCUT2D eigenvalue weighted by Gasteiger charge is 2.09. The Labute approximate surface area is 91.6 Å². The molecular weight excluding hydrogens is 210 g/mol. The van der Waals surface area contributed by atoms with E-state index < -0.39 is 0 Å². The third-order valence-corrected chi connectivity index (χ3v) is 2.12. The van der Waals surface area contributed by atoms with Crippen molar-refractivity contribution < 1.29 is 9.47 Å². The van der Waals surface area contributed by atoms with Crippen LogP contribution < -0.4 is 20.3 Å². The van der Waals surface area contributed by atoms with Gasteiger partial charge in [-0.3, -0.25) is 10.3 Å². The van der Waals surface area contributed by atoms with Crippen LogP contribution in [0.1, 0.15) is 0 Å². The summed E-state index contributed by atoms with van der Waals surface area (Å²) >= 11 is 0. The van der Waals surface area contributed by atoms with Crippen LogP contribution in [0.15, 0.2) is 12.1 Å². The van der Waals surface area contributed by atoms with Crippen molar-refractivity contribution in [3.63, 3.8) is 0 Å². The van der Waals surface area contributed by atoms with E-state index in [1.54, 1.807) is 26.4 Å². The minimum absolute atomic E-state index is 0.360. The Morgan fingerprint density at radius 2 is 1.88 bits per heavy atom. The number of nitrogens with zero attached hydrogens (tertiary/aromatic N) is 4. The Kier molecular flexibility index (Phi) is 2.59. The third-order valence-electron chi connectivity index (χ3n) is 2.12. The van der Waals surface area contributed by atoms with Gasteiger partial charge in [-0.2, -0.15) is 5.21 Å². The molecule has 2 N–H and O–H groups in total. The molecule has 0 unspecified atom stereocenters. The van der Waals surface area contributed by atoms with Crippen LogP contribution in [-0.4, -0.2) is 29.7 Å². The van der Waals surface area contributed by atoms with Crippen molar-refractivity contribution >= 4 is 5.69 Å². The van der Waals surface area contributed by atoms with Crippen LogP contribution in [0.2, 0.25) is 0 Å². The number of nitrogen functional groups attached to an aromatic ring is 1. The SMILES string of the molecule is COc1cc(N)c(-c2nnn[n-]2)cc1OC. The van der Waals surface area contributed by atoms with Gasteiger partial charge in [0.05, 0.1) is 14.2 Å². The van der Waals surface area contributed by atoms with Gasteiger partial charge in [-0.15, -0.1) is 0 Å². The molecule has 7 nitrogen and oxygen atoms in total. The van der Waals surface area contributed by atoms with Gasteiger partial charge in [0.15, 0.2) is 11.5 Å². The second-order valence-corrected chi connectivity index (χ2v) is 3.00. The van der Waals surface area contributed by atoms with Crippen molar-refractivity contribution in [1.29, 1.82) is 0 Å². The molecule has 0 saturated carbocycles. The van der Waals surface area contributed by atoms with E-state index in [0.29, 0.717) is 28.6 Å². The quantitative estimate of drug-likeness (QED) is 0.732. The molecule has 16 heavy (non-hydrogen) atoms. The van der Waals surface area contributed by atoms with Crippen LogP contribution in [0.4, 0.5) is 5.69 Å². The molecule has 0 aliphatic rings. The third kappa shape index (κ3) is 1.62. The smallest absolute Gasteiger partial charge is 0.162 e. The average molecular weight is 220 g/mol. The van der Waals surface area contributed by atoms with Crippen LogP contribution >= 0.6 is 0 Å². The first kappa shape index (κ1) is 10.2. The minimum atomic E-state index is 0.360. The molecule has 84 valence electrons. The number of ether oxygens (including phenoxy) is 2. The summed E-state index contributed by atoms with van der Waals surface area (Å²) in [6.07, 6.45) is 0. The molecule has 0 radical (unpaired) electrons. The van der Waals surface area contributed by atoms with Crippen molar-refractivity contribution in [3.05, 3.63) is 12.1 Å². The first-order chi connectivity index (χ1) is 7.76. The molecule has 0 aliphatic carbocycles. The predicted molar refractivity (Wildman–Crippen MR) is 56.1 cm³/mol. The van der Waals surface area contributed by atoms with E-state index in [4.69, 9.17) is 15.2 Å². The van der Waals surface area contributed by atoms with Crippen LogP contribution in [0.5, 0.6) is 11.5 Å². The highest BCUT2D eigenvalue weighted by molar-refractivity contribution is 5.75. The summed E-state index contributed by atoms with van der Waals surface area (Å²) in [6.45, 7) is 0. The summed E-state index contributed by atoms with van der Waals surface area (Å²) in [4.78, 5) is 0. The molecular formula is C9H10N5O2-. The number of hydrogen-bond acceptors (Lipinski definition) is 6. The summed E-state index contributed by atoms with van der Waals surface area (Å²) in [7, 11) is 3.08. The monoisotopic (exact) mass is 220 g/mol. The zero-order chi connectivity index (χ0) is 11.5. The standard InChI is InChI=1S/C9H10N5O2/c1-15-7-3-5(9-11-13-14-12-9)6(10)4-8(7)16-2/h3-4H,10H2,1-2H3/q-1. The summed E-state index contributed by atoms with van der Waals surface area (Å²) in [6, 6.07) is 3.33. The Morgan fingerprint density at radius 3 is 2.44 bits per heavy atom. The Hall–Kier alpha value is -2.31. The summed E-state index contributed by atoms with van der Waals surface area (Å²) in [5.41, 5.74) is 6.93. The van der Waals surface area contributed by atoms with Gasteiger partial charge in [-0.05, 0) is 6.07 Å². The second-order valence-electron chi connectivity index (χ2n) is 3.00. The molecule has 0 aliphatic heterocycles. The Morgan fingerprint density at radius 1 is 1.19 bits per heavy atom. The van der Waals surface area contributed by atoms with E-state index >= 15 is 0 Å². The molecule has 2 rings (SSSR count). The highest BCUT2D eigenvalue weighted by atomic mass is 16.5. The van der Waals surface area contributed by atoms with Gasteiger partial charge in [-0.25, -0.2) is 0 Å². The molecule has 1 aromatic heterocycles. The van der Waals surface area contributed by atoms with E-state index in [1.165, 1.54) is 0 Å². The van der Waals surface area contributed by atoms with E-state index in [2.05, 4.69) is 20.6 Å². The lowest BCUT2D eigenvalue weighted by atomic mass is 10.1. The van der Waals surface area contributed by atoms with Gasteiger partial charge < -0.3 is 20.3 Å². The molecule has 0 spiro atoms. The number of anilines is 1. The van der Waals surface area contributed by atoms with Crippen LogP contribution in [0.25, 0.3) is 11.4 Å². The summed E-state index contributed by atoms with van der Waals surface area (Å²) < 4.78 is 10.3. The number of benzene rings is 1. The van der Waals surface area contributed by atoms with Gasteiger partial charge in [-0.1, -0.05) is 0 Å². The summed E-state index contributed by atoms with van der Waals surface area (Å²) in [5, 5.41) is 14.3. The minimum Gasteiger partial charge on any atom is -0.493 e. The van der Waals surface area contributed by atoms with Crippen LogP contribution in [0, 0.1) is 0 Å². The molecule has 0 amide bonds. The predicted octanol–water partition coefficient (Wildman–Crippen LogP) is 0.0952. The maximum Gasteiger partial charge on any atom is 0.162 e. The molecule has 1 heterocycles. The van der Waals surface area contributed by atoms with Crippen LogP contribution in [-0.2, 0) is 0 Å². The molecule has 7 heteroatoms. The fourth-order valence-corrected chi connectivity index (χ4v) is 1.34. The molecule has 0 saturated heterocycles. The Bertz CT molecular complexity index is 483. The zero-order valence-electron chi connectivity index (χ0n) is 8.84. The van der Waals surface area contributed by atoms with Crippen molar-refractivity contribution in [2.45, 2.75) is 0 Å². The number of hydrogen-bond donors (Lipinski definition) is 1. The number of nitrogens with two attached hydrogens (primary N) is 1. The van der Waals surface area contributed by atoms with Crippen LogP contribution in [0.3, 0.4) is 0 Å². The maximum atomic E-state index is 5.84. The van der Waals surface area contributed by atoms with E-state index in [0.717, 1.165) is 0 Å². The second kappa shape index (κ2) is 4.05. The largest absolute Gasteiger partial charge is 0.493 e. The van der Waals surface area contributed by atoms with E-state index in [9.17, 15) is 0 Å². The Balaban J connectivity index is 2.55. The molecule has 1 aromatic carbocycles. The number of aromatic nitrogens is 4. The fourth-order valence-electron chi connectivity index (χ4n) is 1.34. The van der Waals surface area contributed by atoms with Gasteiger partial charge in [0.2, 0.25) is 0 Å². The van der Waals surface area contributed by atoms with Crippen molar-refractivity contribution in [2.24, 2.45) is 0 Å². The fraction of sp³-hybridized carbons (Fsp3) is 0.222. The molecule has 2 aromatic rings. The summed E-state index contributed by atoms with van der Waals surface area (Å²) in [5.74, 6) is 1.46. The highest BCUT2D eigenvalue weighted by Crippen LogP contribution is 2.35. The van der Waals surface area contributed by atoms with Gasteiger partial charge in [0, 0.05) is 23.1 Å². The number of methoxy groups -OCH3 is 2. The normalized spacial score (nSPS) is 10.1. The maximum absolute atomic E-state index is 5.84. The van der Waals surface area contributed by atoms with Crippen molar-refractivity contribution in [1.82, 2.24) is 20.6 Å². The van der Waals surface area contributed by atoms with Gasteiger partial charge >= 0.3 is 0 Å². The van der Waals surface area contributed by atoms with E-state index in [-0.39, 0.29) is 0 Å². The van der Waals surface area contributed by atoms with E-state index in [1.807, 2.05) is 0 Å². The molecule has 0 atom stereocenters. The number of rotatable bonds is 3. The van der Waals surface area contributed by atoms with Crippen molar-refractivity contribution in [2.75, 3.05) is 20.0 Å². The number of tetrazole rings is 1.